The molecule has 1 aromatic carbocycles. The summed E-state index contributed by atoms with van der Waals surface area (Å²) < 4.78 is 6.52. The zero-order chi connectivity index (χ0) is 13.0. The largest absolute Gasteiger partial charge is 0.480 e. The van der Waals surface area contributed by atoms with Gasteiger partial charge in [-0.25, -0.2) is 0 Å². The van der Waals surface area contributed by atoms with Crippen LogP contribution in [0.5, 0.6) is 5.75 Å². The van der Waals surface area contributed by atoms with Gasteiger partial charge in [0, 0.05) is 16.1 Å². The summed E-state index contributed by atoms with van der Waals surface area (Å²) in [6.07, 6.45) is -0.0854. The number of ether oxygens (including phenoxy) is 1. The number of hydrogen-bond acceptors (Lipinski definition) is 3. The van der Waals surface area contributed by atoms with Crippen molar-refractivity contribution in [2.75, 3.05) is 0 Å². The summed E-state index contributed by atoms with van der Waals surface area (Å²) >= 11 is 3.37. The number of carbonyl (C=O) groups excluding carboxylic acids is 1. The van der Waals surface area contributed by atoms with E-state index in [-0.39, 0.29) is 6.04 Å². The summed E-state index contributed by atoms with van der Waals surface area (Å²) in [5.74, 6) is 0.139. The van der Waals surface area contributed by atoms with Gasteiger partial charge in [-0.15, -0.1) is 0 Å². The molecule has 0 bridgehead atoms. The molecule has 4 N–H and O–H groups in total. The lowest BCUT2D eigenvalue weighted by Crippen LogP contribution is -2.33. The number of halogens is 1. The molecule has 2 unspecified atom stereocenters. The van der Waals surface area contributed by atoms with Gasteiger partial charge in [0.2, 0.25) is 0 Å². The van der Waals surface area contributed by atoms with E-state index in [4.69, 9.17) is 16.2 Å². The highest BCUT2D eigenvalue weighted by molar-refractivity contribution is 9.10. The molecule has 17 heavy (non-hydrogen) atoms. The zero-order valence-corrected chi connectivity index (χ0v) is 11.5. The van der Waals surface area contributed by atoms with Gasteiger partial charge >= 0.3 is 0 Å². The minimum Gasteiger partial charge on any atom is -0.480 e. The number of primary amides is 1. The molecular formula is C12H17BrN2O2. The van der Waals surface area contributed by atoms with Gasteiger partial charge in [-0.1, -0.05) is 22.9 Å². The maximum atomic E-state index is 11.1. The quantitative estimate of drug-likeness (QED) is 0.874. The van der Waals surface area contributed by atoms with Crippen LogP contribution in [0.2, 0.25) is 0 Å². The van der Waals surface area contributed by atoms with Gasteiger partial charge in [-0.2, -0.15) is 0 Å². The average Bonchev–Trinajstić information content (AvgIpc) is 2.26. The van der Waals surface area contributed by atoms with E-state index in [0.717, 1.165) is 10.0 Å². The van der Waals surface area contributed by atoms with Crippen molar-refractivity contribution in [2.45, 2.75) is 32.4 Å². The normalized spacial score (nSPS) is 14.1. The summed E-state index contributed by atoms with van der Waals surface area (Å²) in [7, 11) is 0. The molecule has 4 nitrogen and oxygen atoms in total. The average molecular weight is 301 g/mol. The Labute approximate surface area is 109 Å². The minimum absolute atomic E-state index is 0.173. The van der Waals surface area contributed by atoms with Gasteiger partial charge in [-0.05, 0) is 31.5 Å². The van der Waals surface area contributed by atoms with Crippen molar-refractivity contribution in [3.05, 3.63) is 28.2 Å². The first-order valence-electron chi connectivity index (χ1n) is 5.46. The van der Waals surface area contributed by atoms with Gasteiger partial charge in [0.1, 0.15) is 5.75 Å². The first-order chi connectivity index (χ1) is 7.95. The van der Waals surface area contributed by atoms with E-state index >= 15 is 0 Å². The van der Waals surface area contributed by atoms with Crippen LogP contribution in [0, 0.1) is 0 Å². The van der Waals surface area contributed by atoms with Crippen LogP contribution in [-0.4, -0.2) is 12.0 Å². The Kier molecular flexibility index (Phi) is 4.96. The van der Waals surface area contributed by atoms with Crippen LogP contribution in [0.4, 0.5) is 0 Å². The monoisotopic (exact) mass is 300 g/mol. The van der Waals surface area contributed by atoms with Crippen LogP contribution >= 0.6 is 15.9 Å². The lowest BCUT2D eigenvalue weighted by molar-refractivity contribution is -0.124. The zero-order valence-electron chi connectivity index (χ0n) is 9.94. The Balaban J connectivity index is 3.01. The minimum atomic E-state index is -0.617. The van der Waals surface area contributed by atoms with Gasteiger partial charge in [0.15, 0.2) is 6.10 Å². The lowest BCUT2D eigenvalue weighted by Gasteiger charge is -2.19. The number of rotatable bonds is 5. The van der Waals surface area contributed by atoms with E-state index in [9.17, 15) is 4.79 Å². The molecule has 0 aliphatic rings. The van der Waals surface area contributed by atoms with E-state index in [1.165, 1.54) is 0 Å². The van der Waals surface area contributed by atoms with Crippen LogP contribution in [0.1, 0.15) is 31.9 Å². The number of amides is 1. The van der Waals surface area contributed by atoms with Gasteiger partial charge in [0.25, 0.3) is 5.91 Å². The Bertz CT molecular complexity index is 407. The number of nitrogens with two attached hydrogens (primary N) is 2. The molecule has 2 atom stereocenters. The molecule has 0 heterocycles. The van der Waals surface area contributed by atoms with Crippen molar-refractivity contribution in [1.29, 1.82) is 0 Å². The highest BCUT2D eigenvalue weighted by Crippen LogP contribution is 2.28. The summed E-state index contributed by atoms with van der Waals surface area (Å²) in [6, 6.07) is 5.34. The fraction of sp³-hybridized carbons (Fsp3) is 0.417. The summed E-state index contributed by atoms with van der Waals surface area (Å²) in [6.45, 7) is 3.71. The van der Waals surface area contributed by atoms with E-state index in [1.807, 2.05) is 26.0 Å². The summed E-state index contributed by atoms with van der Waals surface area (Å²) in [4.78, 5) is 11.1. The third-order valence-electron chi connectivity index (χ3n) is 2.42. The Morgan fingerprint density at radius 1 is 1.53 bits per heavy atom. The smallest absolute Gasteiger partial charge is 0.258 e. The first-order valence-corrected chi connectivity index (χ1v) is 6.26. The second-order valence-electron chi connectivity index (χ2n) is 3.89. The molecule has 0 fully saturated rings. The van der Waals surface area contributed by atoms with Crippen molar-refractivity contribution in [2.24, 2.45) is 11.5 Å². The molecule has 1 amide bonds. The third kappa shape index (κ3) is 3.71. The molecule has 1 rings (SSSR count). The van der Waals surface area contributed by atoms with Crippen LogP contribution in [0.25, 0.3) is 0 Å². The molecule has 0 saturated carbocycles. The van der Waals surface area contributed by atoms with Crippen molar-refractivity contribution in [3.8, 4) is 5.75 Å². The van der Waals surface area contributed by atoms with Gasteiger partial charge in [0.05, 0.1) is 0 Å². The molecule has 0 aromatic heterocycles. The fourth-order valence-electron chi connectivity index (χ4n) is 1.48. The third-order valence-corrected chi connectivity index (χ3v) is 2.91. The van der Waals surface area contributed by atoms with E-state index in [0.29, 0.717) is 12.2 Å². The Morgan fingerprint density at radius 3 is 2.65 bits per heavy atom. The Morgan fingerprint density at radius 2 is 2.18 bits per heavy atom. The molecular weight excluding hydrogens is 284 g/mol. The van der Waals surface area contributed by atoms with E-state index in [1.54, 1.807) is 6.07 Å². The highest BCUT2D eigenvalue weighted by atomic mass is 79.9. The first kappa shape index (κ1) is 14.0. The molecule has 0 aliphatic carbocycles. The number of carbonyl (C=O) groups is 1. The molecule has 1 aromatic rings. The van der Waals surface area contributed by atoms with Gasteiger partial charge in [-0.3, -0.25) is 4.79 Å². The predicted molar refractivity (Wildman–Crippen MR) is 70.6 cm³/mol. The van der Waals surface area contributed by atoms with Crippen LogP contribution in [0.15, 0.2) is 22.7 Å². The molecule has 5 heteroatoms. The highest BCUT2D eigenvalue weighted by Gasteiger charge is 2.17. The summed E-state index contributed by atoms with van der Waals surface area (Å²) in [5.41, 5.74) is 12.0. The lowest BCUT2D eigenvalue weighted by atomic mass is 10.1. The molecule has 0 spiro atoms. The fourth-order valence-corrected chi connectivity index (χ4v) is 1.86. The SMILES string of the molecule is CCC(Oc1ccc(Br)cc1C(C)N)C(N)=O. The maximum absolute atomic E-state index is 11.1. The van der Waals surface area contributed by atoms with Crippen LogP contribution in [0.3, 0.4) is 0 Å². The van der Waals surface area contributed by atoms with E-state index in [2.05, 4.69) is 15.9 Å². The molecule has 94 valence electrons. The van der Waals surface area contributed by atoms with E-state index < -0.39 is 12.0 Å². The standard InChI is InChI=1S/C12H17BrN2O2/c1-3-10(12(15)16)17-11-5-4-8(13)6-9(11)7(2)14/h4-7,10H,3,14H2,1-2H3,(H2,15,16). The molecule has 0 saturated heterocycles. The van der Waals surface area contributed by atoms with Crippen molar-refractivity contribution < 1.29 is 9.53 Å². The molecule has 0 aliphatic heterocycles. The summed E-state index contributed by atoms with van der Waals surface area (Å²) in [5, 5.41) is 0. The number of hydrogen-bond donors (Lipinski definition) is 2. The van der Waals surface area contributed by atoms with Gasteiger partial charge < -0.3 is 16.2 Å². The van der Waals surface area contributed by atoms with Crippen molar-refractivity contribution in [3.63, 3.8) is 0 Å². The topological polar surface area (TPSA) is 78.3 Å². The van der Waals surface area contributed by atoms with Crippen LogP contribution in [-0.2, 0) is 4.79 Å². The number of benzene rings is 1. The Hall–Kier alpha value is -1.07. The second-order valence-corrected chi connectivity index (χ2v) is 4.80. The van der Waals surface area contributed by atoms with Crippen LogP contribution < -0.4 is 16.2 Å². The predicted octanol–water partition coefficient (Wildman–Crippen LogP) is 2.11. The van der Waals surface area contributed by atoms with Crippen molar-refractivity contribution >= 4 is 21.8 Å². The van der Waals surface area contributed by atoms with Crippen molar-refractivity contribution in [1.82, 2.24) is 0 Å². The maximum Gasteiger partial charge on any atom is 0.258 e. The molecule has 0 radical (unpaired) electrons. The second kappa shape index (κ2) is 6.02.